The highest BCUT2D eigenvalue weighted by molar-refractivity contribution is 6.42. The van der Waals surface area contributed by atoms with Gasteiger partial charge in [-0.2, -0.15) is 0 Å². The van der Waals surface area contributed by atoms with Crippen LogP contribution in [0.2, 0.25) is 10.0 Å². The Hall–Kier alpha value is -0.680. The number of hydrogen-bond acceptors (Lipinski definition) is 1. The molecule has 0 fully saturated rings. The van der Waals surface area contributed by atoms with Gasteiger partial charge in [0.2, 0.25) is 0 Å². The highest BCUT2D eigenvalue weighted by atomic mass is 35.5. The van der Waals surface area contributed by atoms with Crippen molar-refractivity contribution in [2.75, 3.05) is 0 Å². The van der Waals surface area contributed by atoms with Gasteiger partial charge in [0, 0.05) is 12.5 Å². The molecule has 0 aliphatic carbocycles. The van der Waals surface area contributed by atoms with Gasteiger partial charge in [-0.25, -0.2) is 0 Å². The number of halogens is 2. The van der Waals surface area contributed by atoms with E-state index in [0.29, 0.717) is 10.0 Å². The quantitative estimate of drug-likeness (QED) is 0.801. The predicted molar refractivity (Wildman–Crippen MR) is 66.1 cm³/mol. The summed E-state index contributed by atoms with van der Waals surface area (Å²) >= 11 is 12.0. The second-order valence-electron chi connectivity index (χ2n) is 3.21. The van der Waals surface area contributed by atoms with Gasteiger partial charge >= 0.3 is 0 Å². The van der Waals surface area contributed by atoms with Gasteiger partial charge < -0.3 is 5.73 Å². The van der Waals surface area contributed by atoms with Crippen LogP contribution < -0.4 is 5.73 Å². The first-order chi connectivity index (χ1) is 7.16. The molecule has 2 N–H and O–H groups in total. The molecule has 0 spiro atoms. The van der Waals surface area contributed by atoms with Crippen molar-refractivity contribution in [2.45, 2.75) is 25.8 Å². The molecule has 1 rings (SSSR count). The van der Waals surface area contributed by atoms with Crippen molar-refractivity contribution >= 4 is 23.2 Å². The fourth-order valence-corrected chi connectivity index (χ4v) is 1.76. The van der Waals surface area contributed by atoms with E-state index in [1.807, 2.05) is 19.1 Å². The van der Waals surface area contributed by atoms with Gasteiger partial charge in [-0.15, -0.1) is 11.8 Å². The van der Waals surface area contributed by atoms with Crippen LogP contribution in [0, 0.1) is 11.8 Å². The Labute approximate surface area is 101 Å². The van der Waals surface area contributed by atoms with Crippen molar-refractivity contribution in [1.29, 1.82) is 0 Å². The molecule has 15 heavy (non-hydrogen) atoms. The van der Waals surface area contributed by atoms with Crippen molar-refractivity contribution in [3.05, 3.63) is 33.8 Å². The fraction of sp³-hybridized carbons (Fsp3) is 0.333. The standard InChI is InChI=1S/C12H13Cl2N/c1-2-3-4-8-11(15)9-6-5-7-10(13)12(9)14/h5-7,11H,4,8,15H2,1H3. The fourth-order valence-electron chi connectivity index (χ4n) is 1.32. The Kier molecular flexibility index (Phi) is 4.98. The third-order valence-electron chi connectivity index (χ3n) is 2.14. The van der Waals surface area contributed by atoms with E-state index >= 15 is 0 Å². The molecule has 0 heterocycles. The minimum absolute atomic E-state index is 0.1000. The van der Waals surface area contributed by atoms with E-state index < -0.39 is 0 Å². The Morgan fingerprint density at radius 3 is 2.80 bits per heavy atom. The minimum Gasteiger partial charge on any atom is -0.324 e. The number of hydrogen-bond donors (Lipinski definition) is 1. The third-order valence-corrected chi connectivity index (χ3v) is 2.97. The van der Waals surface area contributed by atoms with E-state index in [2.05, 4.69) is 11.8 Å². The van der Waals surface area contributed by atoms with Crippen LogP contribution in [0.3, 0.4) is 0 Å². The van der Waals surface area contributed by atoms with Crippen molar-refractivity contribution in [2.24, 2.45) is 5.73 Å². The summed E-state index contributed by atoms with van der Waals surface area (Å²) in [5.74, 6) is 5.81. The largest absolute Gasteiger partial charge is 0.324 e. The number of benzene rings is 1. The molecule has 0 saturated heterocycles. The summed E-state index contributed by atoms with van der Waals surface area (Å²) in [6.07, 6.45) is 1.57. The normalized spacial score (nSPS) is 11.7. The van der Waals surface area contributed by atoms with Crippen molar-refractivity contribution in [3.63, 3.8) is 0 Å². The predicted octanol–water partition coefficient (Wildman–Crippen LogP) is 3.80. The minimum atomic E-state index is -0.1000. The second-order valence-corrected chi connectivity index (χ2v) is 4.00. The maximum absolute atomic E-state index is 6.05. The van der Waals surface area contributed by atoms with Crippen LogP contribution in [0.25, 0.3) is 0 Å². The molecular weight excluding hydrogens is 229 g/mol. The highest BCUT2D eigenvalue weighted by Gasteiger charge is 2.11. The van der Waals surface area contributed by atoms with Gasteiger partial charge in [0.1, 0.15) is 0 Å². The summed E-state index contributed by atoms with van der Waals surface area (Å²) < 4.78 is 0. The average Bonchev–Trinajstić information content (AvgIpc) is 2.22. The zero-order valence-electron chi connectivity index (χ0n) is 8.56. The summed E-state index contributed by atoms with van der Waals surface area (Å²) in [7, 11) is 0. The van der Waals surface area contributed by atoms with Crippen LogP contribution in [0.5, 0.6) is 0 Å². The summed E-state index contributed by atoms with van der Waals surface area (Å²) in [6.45, 7) is 1.82. The molecule has 0 aromatic heterocycles. The monoisotopic (exact) mass is 241 g/mol. The molecule has 3 heteroatoms. The van der Waals surface area contributed by atoms with Gasteiger partial charge in [-0.3, -0.25) is 0 Å². The molecule has 1 aromatic rings. The molecule has 1 unspecified atom stereocenters. The Morgan fingerprint density at radius 1 is 1.40 bits per heavy atom. The Morgan fingerprint density at radius 2 is 2.13 bits per heavy atom. The lowest BCUT2D eigenvalue weighted by atomic mass is 10.0. The van der Waals surface area contributed by atoms with Gasteiger partial charge in [-0.1, -0.05) is 35.3 Å². The Bertz CT molecular complexity index is 390. The molecule has 0 radical (unpaired) electrons. The summed E-state index contributed by atoms with van der Waals surface area (Å²) in [6, 6.07) is 5.41. The van der Waals surface area contributed by atoms with E-state index in [1.165, 1.54) is 0 Å². The lowest BCUT2D eigenvalue weighted by molar-refractivity contribution is 0.668. The zero-order valence-corrected chi connectivity index (χ0v) is 10.1. The first-order valence-electron chi connectivity index (χ1n) is 4.76. The lowest BCUT2D eigenvalue weighted by Crippen LogP contribution is -2.10. The SMILES string of the molecule is CC#CCCC(N)c1cccc(Cl)c1Cl. The van der Waals surface area contributed by atoms with Crippen LogP contribution in [0.4, 0.5) is 0 Å². The van der Waals surface area contributed by atoms with E-state index in [-0.39, 0.29) is 6.04 Å². The molecule has 1 nitrogen and oxygen atoms in total. The smallest absolute Gasteiger partial charge is 0.0640 e. The van der Waals surface area contributed by atoms with Gasteiger partial charge in [-0.05, 0) is 25.0 Å². The molecule has 1 aromatic carbocycles. The summed E-state index contributed by atoms with van der Waals surface area (Å²) in [4.78, 5) is 0. The van der Waals surface area contributed by atoms with Crippen LogP contribution in [-0.4, -0.2) is 0 Å². The second kappa shape index (κ2) is 6.02. The van der Waals surface area contributed by atoms with Gasteiger partial charge in [0.15, 0.2) is 0 Å². The van der Waals surface area contributed by atoms with Crippen molar-refractivity contribution in [1.82, 2.24) is 0 Å². The molecule has 0 amide bonds. The van der Waals surface area contributed by atoms with Crippen molar-refractivity contribution in [3.8, 4) is 11.8 Å². The van der Waals surface area contributed by atoms with E-state index in [9.17, 15) is 0 Å². The van der Waals surface area contributed by atoms with Crippen molar-refractivity contribution < 1.29 is 0 Å². The van der Waals surface area contributed by atoms with Crippen LogP contribution >= 0.6 is 23.2 Å². The molecule has 0 bridgehead atoms. The molecule has 0 aliphatic heterocycles. The average molecular weight is 242 g/mol. The van der Waals surface area contributed by atoms with E-state index in [4.69, 9.17) is 28.9 Å². The Balaban J connectivity index is 2.76. The summed E-state index contributed by atoms with van der Waals surface area (Å²) in [5.41, 5.74) is 6.89. The van der Waals surface area contributed by atoms with Crippen LogP contribution in [-0.2, 0) is 0 Å². The topological polar surface area (TPSA) is 26.0 Å². The first-order valence-corrected chi connectivity index (χ1v) is 5.51. The van der Waals surface area contributed by atoms with E-state index in [0.717, 1.165) is 18.4 Å². The van der Waals surface area contributed by atoms with E-state index in [1.54, 1.807) is 6.07 Å². The maximum Gasteiger partial charge on any atom is 0.0640 e. The summed E-state index contributed by atoms with van der Waals surface area (Å²) in [5, 5.41) is 1.10. The zero-order chi connectivity index (χ0) is 11.3. The van der Waals surface area contributed by atoms with Gasteiger partial charge in [0.25, 0.3) is 0 Å². The molecule has 0 saturated carbocycles. The number of rotatable bonds is 3. The van der Waals surface area contributed by atoms with Crippen LogP contribution in [0.1, 0.15) is 31.4 Å². The van der Waals surface area contributed by atoms with Crippen LogP contribution in [0.15, 0.2) is 18.2 Å². The molecule has 80 valence electrons. The number of nitrogens with two attached hydrogens (primary N) is 1. The maximum atomic E-state index is 6.05. The molecule has 1 atom stereocenters. The highest BCUT2D eigenvalue weighted by Crippen LogP contribution is 2.30. The molecular formula is C12H13Cl2N. The third kappa shape index (κ3) is 3.43. The first kappa shape index (κ1) is 12.4. The van der Waals surface area contributed by atoms with Gasteiger partial charge in [0.05, 0.1) is 10.0 Å². The lowest BCUT2D eigenvalue weighted by Gasteiger charge is -2.12. The molecule has 0 aliphatic rings.